The number of hydrogen-bond donors (Lipinski definition) is 1. The van der Waals surface area contributed by atoms with E-state index in [2.05, 4.69) is 46.4 Å². The van der Waals surface area contributed by atoms with Crippen molar-refractivity contribution < 1.29 is 4.79 Å². The summed E-state index contributed by atoms with van der Waals surface area (Å²) in [6, 6.07) is 4.17. The molecule has 0 bridgehead atoms. The number of pyridine rings is 1. The Bertz CT molecular complexity index is 807. The lowest BCUT2D eigenvalue weighted by molar-refractivity contribution is 0.0662. The van der Waals surface area contributed by atoms with Crippen LogP contribution in [0.5, 0.6) is 0 Å². The van der Waals surface area contributed by atoms with E-state index < -0.39 is 0 Å². The smallest absolute Gasteiger partial charge is 0.257 e. The number of aromatic nitrogens is 3. The van der Waals surface area contributed by atoms with E-state index in [0.717, 1.165) is 75.6 Å². The van der Waals surface area contributed by atoms with Crippen LogP contribution in [0, 0.1) is 12.8 Å². The molecule has 7 nitrogen and oxygen atoms in total. The van der Waals surface area contributed by atoms with Crippen LogP contribution in [-0.2, 0) is 19.5 Å². The molecule has 28 heavy (non-hydrogen) atoms. The Balaban J connectivity index is 1.34. The summed E-state index contributed by atoms with van der Waals surface area (Å²) in [5.74, 6) is 0.667. The molecular formula is C21H30N6O. The first-order chi connectivity index (χ1) is 13.6. The van der Waals surface area contributed by atoms with Gasteiger partial charge in [-0.3, -0.25) is 14.5 Å². The number of likely N-dealkylation sites (N-methyl/N-ethyl adjacent to an activating group) is 1. The lowest BCUT2D eigenvalue weighted by Gasteiger charge is -2.32. The standard InChI is InChI=1S/C21H30N6O/c1-16-3-4-18(23-12-16)14-22-13-17-5-6-27-20(11-17)19(15-24-27)21(28)26-9-7-25(2)8-10-26/h3-4,12,15,17,22H,5-11,13-14H2,1-2H3. The van der Waals surface area contributed by atoms with Gasteiger partial charge in [-0.2, -0.15) is 5.10 Å². The van der Waals surface area contributed by atoms with E-state index in [0.29, 0.717) is 5.92 Å². The van der Waals surface area contributed by atoms with Gasteiger partial charge < -0.3 is 15.1 Å². The predicted molar refractivity (Wildman–Crippen MR) is 108 cm³/mol. The molecule has 150 valence electrons. The Morgan fingerprint density at radius 1 is 1.18 bits per heavy atom. The van der Waals surface area contributed by atoms with Crippen molar-refractivity contribution in [3.63, 3.8) is 0 Å². The van der Waals surface area contributed by atoms with E-state index in [1.54, 1.807) is 6.20 Å². The lowest BCUT2D eigenvalue weighted by atomic mass is 9.94. The number of carbonyl (C=O) groups excluding carboxylic acids is 1. The van der Waals surface area contributed by atoms with E-state index in [9.17, 15) is 4.79 Å². The van der Waals surface area contributed by atoms with Crippen molar-refractivity contribution in [1.29, 1.82) is 0 Å². The fourth-order valence-electron chi connectivity index (χ4n) is 4.04. The van der Waals surface area contributed by atoms with Crippen molar-refractivity contribution in [2.75, 3.05) is 39.8 Å². The third-order valence-corrected chi connectivity index (χ3v) is 5.91. The Hall–Kier alpha value is -2.25. The molecule has 4 heterocycles. The van der Waals surface area contributed by atoms with Gasteiger partial charge in [-0.05, 0) is 50.9 Å². The second kappa shape index (κ2) is 8.41. The van der Waals surface area contributed by atoms with E-state index >= 15 is 0 Å². The highest BCUT2D eigenvalue weighted by Gasteiger charge is 2.28. The van der Waals surface area contributed by atoms with Gasteiger partial charge in [0.2, 0.25) is 0 Å². The lowest BCUT2D eigenvalue weighted by Crippen LogP contribution is -2.47. The fourth-order valence-corrected chi connectivity index (χ4v) is 4.04. The summed E-state index contributed by atoms with van der Waals surface area (Å²) in [5, 5.41) is 8.02. The number of aryl methyl sites for hydroxylation is 2. The van der Waals surface area contributed by atoms with Gasteiger partial charge in [-0.15, -0.1) is 0 Å². The SMILES string of the molecule is Cc1ccc(CNCC2CCn3ncc(C(=O)N4CCN(C)CC4)c3C2)nc1. The van der Waals surface area contributed by atoms with E-state index in [1.807, 2.05) is 15.8 Å². The zero-order valence-electron chi connectivity index (χ0n) is 16.9. The Kier molecular flexibility index (Phi) is 5.73. The molecule has 7 heteroatoms. The second-order valence-electron chi connectivity index (χ2n) is 8.14. The molecule has 0 aliphatic carbocycles. The van der Waals surface area contributed by atoms with Crippen molar-refractivity contribution in [2.45, 2.75) is 32.9 Å². The summed E-state index contributed by atoms with van der Waals surface area (Å²) in [6.07, 6.45) is 5.68. The molecule has 0 aromatic carbocycles. The number of rotatable bonds is 5. The first-order valence-corrected chi connectivity index (χ1v) is 10.2. The van der Waals surface area contributed by atoms with Crippen LogP contribution in [0.1, 0.15) is 33.7 Å². The van der Waals surface area contributed by atoms with Gasteiger partial charge in [-0.1, -0.05) is 6.07 Å². The summed E-state index contributed by atoms with van der Waals surface area (Å²) < 4.78 is 2.03. The van der Waals surface area contributed by atoms with Crippen molar-refractivity contribution in [1.82, 2.24) is 29.9 Å². The van der Waals surface area contributed by atoms with Crippen LogP contribution >= 0.6 is 0 Å². The number of amides is 1. The van der Waals surface area contributed by atoms with Crippen LogP contribution in [0.3, 0.4) is 0 Å². The summed E-state index contributed by atoms with van der Waals surface area (Å²) in [4.78, 5) is 21.7. The normalized spacial score (nSPS) is 20.2. The minimum Gasteiger partial charge on any atom is -0.336 e. The molecule has 4 rings (SSSR count). The molecule has 2 aliphatic rings. The number of hydrogen-bond acceptors (Lipinski definition) is 5. The van der Waals surface area contributed by atoms with Crippen LogP contribution in [0.4, 0.5) is 0 Å². The van der Waals surface area contributed by atoms with Crippen LogP contribution in [0.15, 0.2) is 24.5 Å². The van der Waals surface area contributed by atoms with Crippen LogP contribution in [0.2, 0.25) is 0 Å². The van der Waals surface area contributed by atoms with Crippen molar-refractivity contribution in [3.8, 4) is 0 Å². The van der Waals surface area contributed by atoms with E-state index in [-0.39, 0.29) is 5.91 Å². The Morgan fingerprint density at radius 3 is 2.75 bits per heavy atom. The van der Waals surface area contributed by atoms with Crippen molar-refractivity contribution in [3.05, 3.63) is 47.0 Å². The molecule has 2 aromatic rings. The first-order valence-electron chi connectivity index (χ1n) is 10.2. The highest BCUT2D eigenvalue weighted by Crippen LogP contribution is 2.24. The molecule has 1 atom stereocenters. The maximum atomic E-state index is 13.0. The second-order valence-corrected chi connectivity index (χ2v) is 8.14. The van der Waals surface area contributed by atoms with E-state index in [1.165, 1.54) is 5.56 Å². The summed E-state index contributed by atoms with van der Waals surface area (Å²) >= 11 is 0. The number of nitrogens with one attached hydrogen (secondary N) is 1. The van der Waals surface area contributed by atoms with E-state index in [4.69, 9.17) is 0 Å². The molecule has 0 saturated carbocycles. The van der Waals surface area contributed by atoms with Crippen LogP contribution < -0.4 is 5.32 Å². The number of piperazine rings is 1. The van der Waals surface area contributed by atoms with Gasteiger partial charge in [0.05, 0.1) is 23.1 Å². The third-order valence-electron chi connectivity index (χ3n) is 5.91. The maximum absolute atomic E-state index is 13.0. The molecule has 2 aromatic heterocycles. The monoisotopic (exact) mass is 382 g/mol. The predicted octanol–water partition coefficient (Wildman–Crippen LogP) is 1.33. The molecule has 1 amide bonds. The molecule has 2 aliphatic heterocycles. The molecule has 1 fully saturated rings. The molecule has 1 N–H and O–H groups in total. The van der Waals surface area contributed by atoms with Gasteiger partial charge >= 0.3 is 0 Å². The minimum absolute atomic E-state index is 0.145. The van der Waals surface area contributed by atoms with Crippen LogP contribution in [0.25, 0.3) is 0 Å². The highest BCUT2D eigenvalue weighted by molar-refractivity contribution is 5.95. The van der Waals surface area contributed by atoms with Gasteiger partial charge in [0.1, 0.15) is 0 Å². The number of nitrogens with zero attached hydrogens (tertiary/aromatic N) is 5. The Morgan fingerprint density at radius 2 is 2.00 bits per heavy atom. The summed E-state index contributed by atoms with van der Waals surface area (Å²) in [7, 11) is 2.10. The summed E-state index contributed by atoms with van der Waals surface area (Å²) in [6.45, 7) is 8.13. The number of carbonyl (C=O) groups is 1. The largest absolute Gasteiger partial charge is 0.336 e. The van der Waals surface area contributed by atoms with Crippen molar-refractivity contribution in [2.24, 2.45) is 5.92 Å². The van der Waals surface area contributed by atoms with Gasteiger partial charge in [0, 0.05) is 45.5 Å². The van der Waals surface area contributed by atoms with Gasteiger partial charge in [-0.25, -0.2) is 0 Å². The molecule has 0 radical (unpaired) electrons. The maximum Gasteiger partial charge on any atom is 0.257 e. The molecule has 1 saturated heterocycles. The minimum atomic E-state index is 0.145. The quantitative estimate of drug-likeness (QED) is 0.845. The average Bonchev–Trinajstić information content (AvgIpc) is 3.13. The third kappa shape index (κ3) is 4.25. The highest BCUT2D eigenvalue weighted by atomic mass is 16.2. The van der Waals surface area contributed by atoms with Crippen LogP contribution in [-0.4, -0.2) is 70.2 Å². The topological polar surface area (TPSA) is 66.3 Å². The Labute approximate surface area is 166 Å². The first kappa shape index (κ1) is 19.1. The molecular weight excluding hydrogens is 352 g/mol. The van der Waals surface area contributed by atoms with Gasteiger partial charge in [0.15, 0.2) is 0 Å². The fraction of sp³-hybridized carbons (Fsp3) is 0.571. The average molecular weight is 383 g/mol. The molecule has 1 unspecified atom stereocenters. The number of fused-ring (bicyclic) bond motifs is 1. The molecule has 0 spiro atoms. The zero-order chi connectivity index (χ0) is 19.5. The van der Waals surface area contributed by atoms with Crippen molar-refractivity contribution >= 4 is 5.91 Å². The zero-order valence-corrected chi connectivity index (χ0v) is 16.9. The summed E-state index contributed by atoms with van der Waals surface area (Å²) in [5.41, 5.74) is 4.16. The van der Waals surface area contributed by atoms with Gasteiger partial charge in [0.25, 0.3) is 5.91 Å².